The fraction of sp³-hybridized carbons (Fsp3) is 0.188. The first-order chi connectivity index (χ1) is 9.61. The van der Waals surface area contributed by atoms with Crippen LogP contribution in [0.25, 0.3) is 11.1 Å². The van der Waals surface area contributed by atoms with Crippen LogP contribution in [0.1, 0.15) is 17.0 Å². The SMILES string of the molecule is Cc1nc2cc(NCc3ccc(F)cc3C)ccc2o1. The van der Waals surface area contributed by atoms with Gasteiger partial charge >= 0.3 is 0 Å². The second-order valence-electron chi connectivity index (χ2n) is 4.84. The Balaban J connectivity index is 1.79. The first-order valence-corrected chi connectivity index (χ1v) is 6.48. The number of hydrogen-bond acceptors (Lipinski definition) is 3. The second-order valence-corrected chi connectivity index (χ2v) is 4.84. The molecule has 3 nitrogen and oxygen atoms in total. The average Bonchev–Trinajstić information content (AvgIpc) is 2.77. The largest absolute Gasteiger partial charge is 0.441 e. The lowest BCUT2D eigenvalue weighted by Crippen LogP contribution is -2.01. The summed E-state index contributed by atoms with van der Waals surface area (Å²) in [7, 11) is 0. The zero-order valence-electron chi connectivity index (χ0n) is 11.4. The number of anilines is 1. The first kappa shape index (κ1) is 12.7. The Labute approximate surface area is 116 Å². The van der Waals surface area contributed by atoms with Crippen molar-refractivity contribution in [1.82, 2.24) is 4.98 Å². The summed E-state index contributed by atoms with van der Waals surface area (Å²) in [6.45, 7) is 4.38. The quantitative estimate of drug-likeness (QED) is 0.775. The van der Waals surface area contributed by atoms with Gasteiger partial charge in [-0.15, -0.1) is 0 Å². The van der Waals surface area contributed by atoms with Crippen molar-refractivity contribution in [3.05, 3.63) is 59.2 Å². The summed E-state index contributed by atoms with van der Waals surface area (Å²) < 4.78 is 18.5. The van der Waals surface area contributed by atoms with Gasteiger partial charge in [-0.25, -0.2) is 9.37 Å². The highest BCUT2D eigenvalue weighted by Gasteiger charge is 2.04. The summed E-state index contributed by atoms with van der Waals surface area (Å²) >= 11 is 0. The number of fused-ring (bicyclic) bond motifs is 1. The Morgan fingerprint density at radius 3 is 2.80 bits per heavy atom. The topological polar surface area (TPSA) is 38.1 Å². The standard InChI is InChI=1S/C16H15FN2O/c1-10-7-13(17)4-3-12(10)9-18-14-5-6-16-15(8-14)19-11(2)20-16/h3-8,18H,9H2,1-2H3. The van der Waals surface area contributed by atoms with Crippen LogP contribution in [0.15, 0.2) is 40.8 Å². The zero-order chi connectivity index (χ0) is 14.1. The molecule has 0 amide bonds. The van der Waals surface area contributed by atoms with Crippen molar-refractivity contribution in [1.29, 1.82) is 0 Å². The molecule has 0 fully saturated rings. The van der Waals surface area contributed by atoms with E-state index in [1.165, 1.54) is 6.07 Å². The molecule has 102 valence electrons. The molecule has 0 saturated carbocycles. The van der Waals surface area contributed by atoms with Crippen molar-refractivity contribution in [2.75, 3.05) is 5.32 Å². The maximum absolute atomic E-state index is 13.0. The second kappa shape index (κ2) is 4.96. The molecule has 0 unspecified atom stereocenters. The molecule has 0 radical (unpaired) electrons. The molecule has 4 heteroatoms. The summed E-state index contributed by atoms with van der Waals surface area (Å²) in [5.74, 6) is 0.456. The predicted octanol–water partition coefficient (Wildman–Crippen LogP) is 4.20. The molecule has 0 aliphatic carbocycles. The van der Waals surface area contributed by atoms with Crippen LogP contribution in [0.3, 0.4) is 0 Å². The van der Waals surface area contributed by atoms with Gasteiger partial charge in [0.2, 0.25) is 0 Å². The van der Waals surface area contributed by atoms with E-state index in [9.17, 15) is 4.39 Å². The summed E-state index contributed by atoms with van der Waals surface area (Å²) in [4.78, 5) is 4.30. The Kier molecular flexibility index (Phi) is 3.14. The number of aromatic nitrogens is 1. The van der Waals surface area contributed by atoms with Gasteiger partial charge < -0.3 is 9.73 Å². The average molecular weight is 270 g/mol. The lowest BCUT2D eigenvalue weighted by molar-refractivity contribution is 0.561. The van der Waals surface area contributed by atoms with E-state index in [0.717, 1.165) is 27.9 Å². The van der Waals surface area contributed by atoms with Gasteiger partial charge in [-0.2, -0.15) is 0 Å². The molecule has 1 N–H and O–H groups in total. The van der Waals surface area contributed by atoms with Crippen LogP contribution in [0, 0.1) is 19.7 Å². The van der Waals surface area contributed by atoms with Crippen LogP contribution in [-0.4, -0.2) is 4.98 Å². The first-order valence-electron chi connectivity index (χ1n) is 6.48. The van der Waals surface area contributed by atoms with Crippen molar-refractivity contribution in [2.24, 2.45) is 0 Å². The Morgan fingerprint density at radius 1 is 1.15 bits per heavy atom. The summed E-state index contributed by atoms with van der Waals surface area (Å²) in [6, 6.07) is 10.6. The number of hydrogen-bond donors (Lipinski definition) is 1. The van der Waals surface area contributed by atoms with Crippen molar-refractivity contribution < 1.29 is 8.81 Å². The molecule has 2 aromatic carbocycles. The number of rotatable bonds is 3. The van der Waals surface area contributed by atoms with Crippen molar-refractivity contribution in [3.8, 4) is 0 Å². The van der Waals surface area contributed by atoms with E-state index in [4.69, 9.17) is 4.42 Å². The summed E-state index contributed by atoms with van der Waals surface area (Å²) in [5, 5.41) is 3.32. The van der Waals surface area contributed by atoms with E-state index in [2.05, 4.69) is 10.3 Å². The van der Waals surface area contributed by atoms with Gasteiger partial charge in [0.25, 0.3) is 0 Å². The lowest BCUT2D eigenvalue weighted by atomic mass is 10.1. The van der Waals surface area contributed by atoms with Gasteiger partial charge in [0.1, 0.15) is 11.3 Å². The molecule has 20 heavy (non-hydrogen) atoms. The minimum Gasteiger partial charge on any atom is -0.441 e. The van der Waals surface area contributed by atoms with Crippen LogP contribution < -0.4 is 5.32 Å². The fourth-order valence-electron chi connectivity index (χ4n) is 2.21. The minimum absolute atomic E-state index is 0.203. The van der Waals surface area contributed by atoms with Crippen LogP contribution in [-0.2, 0) is 6.54 Å². The van der Waals surface area contributed by atoms with E-state index in [-0.39, 0.29) is 5.82 Å². The van der Waals surface area contributed by atoms with Gasteiger partial charge in [0.15, 0.2) is 11.5 Å². The highest BCUT2D eigenvalue weighted by molar-refractivity contribution is 5.77. The van der Waals surface area contributed by atoms with E-state index in [0.29, 0.717) is 12.4 Å². The van der Waals surface area contributed by atoms with Crippen molar-refractivity contribution >= 4 is 16.8 Å². The summed E-state index contributed by atoms with van der Waals surface area (Å²) in [6.07, 6.45) is 0. The molecule has 3 rings (SSSR count). The maximum Gasteiger partial charge on any atom is 0.192 e. The molecule has 1 heterocycles. The van der Waals surface area contributed by atoms with E-state index >= 15 is 0 Å². The number of benzene rings is 2. The number of nitrogens with one attached hydrogen (secondary N) is 1. The van der Waals surface area contributed by atoms with Gasteiger partial charge in [-0.05, 0) is 48.4 Å². The Morgan fingerprint density at radius 2 is 2.00 bits per heavy atom. The van der Waals surface area contributed by atoms with Crippen molar-refractivity contribution in [2.45, 2.75) is 20.4 Å². The number of aryl methyl sites for hydroxylation is 2. The molecule has 0 aliphatic rings. The molecule has 0 aliphatic heterocycles. The lowest BCUT2D eigenvalue weighted by Gasteiger charge is -2.09. The number of oxazole rings is 1. The fourth-order valence-corrected chi connectivity index (χ4v) is 2.21. The predicted molar refractivity (Wildman–Crippen MR) is 77.2 cm³/mol. The molecular formula is C16H15FN2O. The monoisotopic (exact) mass is 270 g/mol. The third kappa shape index (κ3) is 2.50. The number of nitrogens with zero attached hydrogens (tertiary/aromatic N) is 1. The third-order valence-corrected chi connectivity index (χ3v) is 3.28. The van der Waals surface area contributed by atoms with Crippen LogP contribution in [0.2, 0.25) is 0 Å². The molecule has 1 aromatic heterocycles. The molecule has 0 saturated heterocycles. The Hall–Kier alpha value is -2.36. The molecule has 0 spiro atoms. The molecule has 3 aromatic rings. The van der Waals surface area contributed by atoms with E-state index in [1.807, 2.05) is 32.0 Å². The van der Waals surface area contributed by atoms with E-state index < -0.39 is 0 Å². The molecule has 0 atom stereocenters. The Bertz CT molecular complexity index is 764. The smallest absolute Gasteiger partial charge is 0.192 e. The van der Waals surface area contributed by atoms with E-state index in [1.54, 1.807) is 12.1 Å². The highest BCUT2D eigenvalue weighted by Crippen LogP contribution is 2.20. The van der Waals surface area contributed by atoms with Gasteiger partial charge in [0, 0.05) is 19.2 Å². The normalized spacial score (nSPS) is 10.9. The maximum atomic E-state index is 13.0. The minimum atomic E-state index is -0.203. The third-order valence-electron chi connectivity index (χ3n) is 3.28. The van der Waals surface area contributed by atoms with Crippen LogP contribution >= 0.6 is 0 Å². The zero-order valence-corrected chi connectivity index (χ0v) is 11.4. The van der Waals surface area contributed by atoms with Crippen LogP contribution in [0.5, 0.6) is 0 Å². The molecule has 0 bridgehead atoms. The van der Waals surface area contributed by atoms with Crippen LogP contribution in [0.4, 0.5) is 10.1 Å². The highest BCUT2D eigenvalue weighted by atomic mass is 19.1. The van der Waals surface area contributed by atoms with Gasteiger partial charge in [-0.1, -0.05) is 6.07 Å². The number of halogens is 1. The summed E-state index contributed by atoms with van der Waals surface area (Å²) in [5.41, 5.74) is 4.60. The molecular weight excluding hydrogens is 255 g/mol. The van der Waals surface area contributed by atoms with Crippen molar-refractivity contribution in [3.63, 3.8) is 0 Å². The van der Waals surface area contributed by atoms with Gasteiger partial charge in [-0.3, -0.25) is 0 Å². The van der Waals surface area contributed by atoms with Gasteiger partial charge in [0.05, 0.1) is 0 Å².